The summed E-state index contributed by atoms with van der Waals surface area (Å²) in [6.07, 6.45) is 4.64. The van der Waals surface area contributed by atoms with Gasteiger partial charge in [-0.1, -0.05) is 0 Å². The fourth-order valence-corrected chi connectivity index (χ4v) is 8.28. The van der Waals surface area contributed by atoms with Gasteiger partial charge in [0.15, 0.2) is 0 Å². The molecule has 5 fully saturated rings. The molecule has 3 N–H and O–H groups in total. The smallest absolute Gasteiger partial charge is 0.246 e. The summed E-state index contributed by atoms with van der Waals surface area (Å²) in [6.45, 7) is 0. The molecule has 2 atom stereocenters. The molecule has 0 radical (unpaired) electrons. The van der Waals surface area contributed by atoms with Crippen LogP contribution in [0.1, 0.15) is 44.9 Å². The molecular formula is C22H27F2N3O4S. The fraction of sp³-hybridized carbons (Fsp3) is 0.636. The van der Waals surface area contributed by atoms with Crippen LogP contribution in [0.3, 0.4) is 0 Å². The quantitative estimate of drug-likeness (QED) is 0.666. The maximum Gasteiger partial charge on any atom is 0.246 e. The third-order valence-corrected chi connectivity index (χ3v) is 10.3. The summed E-state index contributed by atoms with van der Waals surface area (Å²) in [5.41, 5.74) is 3.97. The summed E-state index contributed by atoms with van der Waals surface area (Å²) in [4.78, 5) is 24.8. The average Bonchev–Trinajstić information content (AvgIpc) is 3.51. The lowest BCUT2D eigenvalue weighted by Gasteiger charge is -2.59. The van der Waals surface area contributed by atoms with E-state index in [1.54, 1.807) is 0 Å². The Morgan fingerprint density at radius 2 is 1.75 bits per heavy atom. The molecule has 32 heavy (non-hydrogen) atoms. The molecule has 5 aliphatic carbocycles. The second kappa shape index (κ2) is 6.96. The van der Waals surface area contributed by atoms with Crippen LogP contribution in [0, 0.1) is 34.8 Å². The average molecular weight is 468 g/mol. The number of nitrogens with zero attached hydrogens (tertiary/aromatic N) is 1. The van der Waals surface area contributed by atoms with Gasteiger partial charge in [-0.25, -0.2) is 17.2 Å². The minimum Gasteiger partial charge on any atom is -0.369 e. The Balaban J connectivity index is 1.36. The van der Waals surface area contributed by atoms with Crippen LogP contribution in [-0.2, 0) is 19.6 Å². The number of hydrogen-bond acceptors (Lipinski definition) is 4. The van der Waals surface area contributed by atoms with E-state index >= 15 is 0 Å². The molecule has 5 aliphatic rings. The fourth-order valence-electron chi connectivity index (χ4n) is 6.71. The highest BCUT2D eigenvalue weighted by Gasteiger charge is 2.61. The van der Waals surface area contributed by atoms with Crippen molar-refractivity contribution < 1.29 is 26.8 Å². The first kappa shape index (κ1) is 21.8. The van der Waals surface area contributed by atoms with Gasteiger partial charge in [0.2, 0.25) is 21.8 Å². The summed E-state index contributed by atoms with van der Waals surface area (Å²) in [7, 11) is -3.07. The normalized spacial score (nSPS) is 34.5. The van der Waals surface area contributed by atoms with E-state index in [9.17, 15) is 26.8 Å². The van der Waals surface area contributed by atoms with E-state index in [1.807, 2.05) is 0 Å². The maximum atomic E-state index is 14.2. The third kappa shape index (κ3) is 3.09. The van der Waals surface area contributed by atoms with Crippen LogP contribution < -0.4 is 11.1 Å². The number of rotatable bonds is 6. The van der Waals surface area contributed by atoms with Crippen molar-refractivity contribution in [1.82, 2.24) is 9.62 Å². The minimum atomic E-state index is -4.34. The summed E-state index contributed by atoms with van der Waals surface area (Å²) < 4.78 is 54.5. The predicted molar refractivity (Wildman–Crippen MR) is 110 cm³/mol. The molecule has 0 heterocycles. The van der Waals surface area contributed by atoms with Gasteiger partial charge in [-0.2, -0.15) is 4.31 Å². The Labute approximate surface area is 185 Å². The standard InChI is InChI=1S/C22H27F2N3O4S/c1-27(32(30,31)17-3-2-15(23)8-16(17)24)22(4-5-22)20(29)26-18-13-6-12-7-14(18)11-21(9-12,10-13)19(25)28/h2-3,8,12-14,18H,4-7,9-11H2,1H3,(H2,25,28)(H,26,29). The highest BCUT2D eigenvalue weighted by atomic mass is 32.2. The predicted octanol–water partition coefficient (Wildman–Crippen LogP) is 1.91. The lowest BCUT2D eigenvalue weighted by Crippen LogP contribution is -2.64. The third-order valence-electron chi connectivity index (χ3n) is 8.38. The maximum absolute atomic E-state index is 14.2. The van der Waals surface area contributed by atoms with Crippen LogP contribution in [0.15, 0.2) is 23.1 Å². The summed E-state index contributed by atoms with van der Waals surface area (Å²) in [5.74, 6) is -1.99. The van der Waals surface area contributed by atoms with Gasteiger partial charge < -0.3 is 11.1 Å². The number of sulfonamides is 1. The molecule has 1 aromatic carbocycles. The summed E-state index contributed by atoms with van der Waals surface area (Å²) in [6, 6.07) is 2.16. The molecule has 0 aliphatic heterocycles. The van der Waals surface area contributed by atoms with Crippen LogP contribution in [-0.4, -0.2) is 43.2 Å². The van der Waals surface area contributed by atoms with Crippen molar-refractivity contribution in [2.75, 3.05) is 7.05 Å². The zero-order valence-electron chi connectivity index (χ0n) is 17.8. The van der Waals surface area contributed by atoms with Gasteiger partial charge in [0.05, 0.1) is 0 Å². The number of amides is 2. The van der Waals surface area contributed by atoms with Crippen LogP contribution >= 0.6 is 0 Å². The Kier molecular flexibility index (Phi) is 4.73. The van der Waals surface area contributed by atoms with E-state index in [4.69, 9.17) is 5.73 Å². The molecule has 2 unspecified atom stereocenters. The molecule has 5 saturated carbocycles. The monoisotopic (exact) mass is 467 g/mol. The number of carbonyl (C=O) groups is 2. The van der Waals surface area contributed by atoms with Crippen molar-refractivity contribution in [1.29, 1.82) is 0 Å². The van der Waals surface area contributed by atoms with Crippen LogP contribution in [0.2, 0.25) is 0 Å². The van der Waals surface area contributed by atoms with E-state index in [0.717, 1.165) is 35.7 Å². The molecule has 1 aromatic rings. The number of halogens is 2. The Hall–Kier alpha value is -2.07. The zero-order valence-corrected chi connectivity index (χ0v) is 18.6. The first-order chi connectivity index (χ1) is 15.0. The molecule has 10 heteroatoms. The molecule has 7 nitrogen and oxygen atoms in total. The summed E-state index contributed by atoms with van der Waals surface area (Å²) >= 11 is 0. The van der Waals surface area contributed by atoms with Gasteiger partial charge in [-0.3, -0.25) is 9.59 Å². The van der Waals surface area contributed by atoms with Crippen molar-refractivity contribution in [3.05, 3.63) is 29.8 Å². The molecule has 0 saturated heterocycles. The van der Waals surface area contributed by atoms with Crippen molar-refractivity contribution >= 4 is 21.8 Å². The highest BCUT2D eigenvalue weighted by Crippen LogP contribution is 2.60. The number of benzene rings is 1. The van der Waals surface area contributed by atoms with Gasteiger partial charge in [0.1, 0.15) is 22.1 Å². The number of nitrogens with one attached hydrogen (secondary N) is 1. The van der Waals surface area contributed by atoms with Crippen molar-refractivity contribution in [2.45, 2.75) is 61.4 Å². The number of carbonyl (C=O) groups excluding carboxylic acids is 2. The number of primary amides is 1. The Morgan fingerprint density at radius 1 is 1.12 bits per heavy atom. The summed E-state index contributed by atoms with van der Waals surface area (Å²) in [5, 5.41) is 3.10. The lowest BCUT2D eigenvalue weighted by molar-refractivity contribution is -0.148. The number of likely N-dealkylation sites (N-methyl/N-ethyl adjacent to an activating group) is 1. The Morgan fingerprint density at radius 3 is 2.28 bits per heavy atom. The van der Waals surface area contributed by atoms with Crippen LogP contribution in [0.4, 0.5) is 8.78 Å². The molecule has 4 bridgehead atoms. The first-order valence-electron chi connectivity index (χ1n) is 11.0. The lowest BCUT2D eigenvalue weighted by atomic mass is 9.47. The van der Waals surface area contributed by atoms with E-state index in [1.165, 1.54) is 7.05 Å². The minimum absolute atomic E-state index is 0.123. The van der Waals surface area contributed by atoms with Gasteiger partial charge >= 0.3 is 0 Å². The molecule has 174 valence electrons. The van der Waals surface area contributed by atoms with E-state index in [2.05, 4.69) is 5.32 Å². The van der Waals surface area contributed by atoms with Gasteiger partial charge in [-0.15, -0.1) is 0 Å². The molecule has 0 spiro atoms. The first-order valence-corrected chi connectivity index (χ1v) is 12.5. The van der Waals surface area contributed by atoms with Crippen molar-refractivity contribution in [2.24, 2.45) is 28.9 Å². The van der Waals surface area contributed by atoms with E-state index in [-0.39, 0.29) is 23.8 Å². The molecule has 2 amide bonds. The molecule has 0 aromatic heterocycles. The van der Waals surface area contributed by atoms with Crippen molar-refractivity contribution in [3.8, 4) is 0 Å². The van der Waals surface area contributed by atoms with Crippen LogP contribution in [0.5, 0.6) is 0 Å². The van der Waals surface area contributed by atoms with Gasteiger partial charge in [0.25, 0.3) is 0 Å². The van der Waals surface area contributed by atoms with E-state index < -0.39 is 43.4 Å². The zero-order chi connectivity index (χ0) is 23.1. The highest BCUT2D eigenvalue weighted by molar-refractivity contribution is 7.89. The second-order valence-electron chi connectivity index (χ2n) is 10.2. The van der Waals surface area contributed by atoms with E-state index in [0.29, 0.717) is 37.7 Å². The topological polar surface area (TPSA) is 110 Å². The van der Waals surface area contributed by atoms with Crippen LogP contribution in [0.25, 0.3) is 0 Å². The van der Waals surface area contributed by atoms with Gasteiger partial charge in [0, 0.05) is 24.6 Å². The Bertz CT molecular complexity index is 1090. The second-order valence-corrected chi connectivity index (χ2v) is 12.1. The van der Waals surface area contributed by atoms with Gasteiger partial charge in [-0.05, 0) is 74.8 Å². The molecular weight excluding hydrogens is 440 g/mol. The van der Waals surface area contributed by atoms with Crippen molar-refractivity contribution in [3.63, 3.8) is 0 Å². The SMILES string of the molecule is CN(C1(C(=O)NC2C3CC4CC2CC(C(N)=O)(C4)C3)CC1)S(=O)(=O)c1ccc(F)cc1F. The number of nitrogens with two attached hydrogens (primary N) is 1. The largest absolute Gasteiger partial charge is 0.369 e. The molecule has 6 rings (SSSR count). The number of hydrogen-bond donors (Lipinski definition) is 2.